The van der Waals surface area contributed by atoms with Crippen molar-refractivity contribution in [2.75, 3.05) is 19.8 Å². The van der Waals surface area contributed by atoms with Gasteiger partial charge in [0.25, 0.3) is 0 Å². The third-order valence-corrected chi connectivity index (χ3v) is 3.43. The van der Waals surface area contributed by atoms with Crippen LogP contribution in [0, 0.1) is 5.92 Å². The molecule has 4 nitrogen and oxygen atoms in total. The molecule has 2 N–H and O–H groups in total. The van der Waals surface area contributed by atoms with E-state index in [0.717, 1.165) is 39.0 Å². The molecule has 0 aromatic rings. The second-order valence-corrected chi connectivity index (χ2v) is 4.92. The first-order valence-corrected chi connectivity index (χ1v) is 6.76. The van der Waals surface area contributed by atoms with Crippen LogP contribution in [0.25, 0.3) is 0 Å². The van der Waals surface area contributed by atoms with Gasteiger partial charge >= 0.3 is 0 Å². The van der Waals surface area contributed by atoms with Gasteiger partial charge in [0.15, 0.2) is 0 Å². The van der Waals surface area contributed by atoms with Crippen LogP contribution in [0.15, 0.2) is 0 Å². The highest BCUT2D eigenvalue weighted by molar-refractivity contribution is 5.81. The third-order valence-electron chi connectivity index (χ3n) is 3.43. The Labute approximate surface area is 104 Å². The second-order valence-electron chi connectivity index (χ2n) is 4.92. The highest BCUT2D eigenvalue weighted by Crippen LogP contribution is 2.18. The van der Waals surface area contributed by atoms with E-state index in [0.29, 0.717) is 12.0 Å². The molecule has 0 aliphatic carbocycles. The average Bonchev–Trinajstić information content (AvgIpc) is 2.36. The van der Waals surface area contributed by atoms with Crippen molar-refractivity contribution in [2.24, 2.45) is 5.92 Å². The van der Waals surface area contributed by atoms with Gasteiger partial charge in [-0.2, -0.15) is 0 Å². The van der Waals surface area contributed by atoms with Crippen LogP contribution in [0.3, 0.4) is 0 Å². The number of hydrogen-bond donors (Lipinski definition) is 2. The molecule has 2 atom stereocenters. The summed E-state index contributed by atoms with van der Waals surface area (Å²) in [6, 6.07) is 0.265. The predicted octanol–water partition coefficient (Wildman–Crippen LogP) is 1.31. The van der Waals surface area contributed by atoms with E-state index in [1.54, 1.807) is 0 Å². The summed E-state index contributed by atoms with van der Waals surface area (Å²) in [6.07, 6.45) is 3.17. The fourth-order valence-electron chi connectivity index (χ4n) is 2.22. The Hall–Kier alpha value is -0.610. The fraction of sp³-hybridized carbons (Fsp3) is 0.923. The molecule has 0 bridgehead atoms. The summed E-state index contributed by atoms with van der Waals surface area (Å²) in [6.45, 7) is 8.63. The fourth-order valence-corrected chi connectivity index (χ4v) is 2.22. The summed E-state index contributed by atoms with van der Waals surface area (Å²) >= 11 is 0. The maximum absolute atomic E-state index is 11.7. The van der Waals surface area contributed by atoms with Gasteiger partial charge in [-0.1, -0.05) is 6.92 Å². The number of carbonyl (C=O) groups excluding carboxylic acids is 1. The molecule has 4 heteroatoms. The molecular weight excluding hydrogens is 216 g/mol. The SMILES string of the molecule is CCCNC(=O)C(C)NC(C)C1CCOCC1. The minimum absolute atomic E-state index is 0.103. The van der Waals surface area contributed by atoms with E-state index in [4.69, 9.17) is 4.74 Å². The van der Waals surface area contributed by atoms with Crippen molar-refractivity contribution in [3.8, 4) is 0 Å². The number of rotatable bonds is 6. The molecule has 1 saturated heterocycles. The zero-order valence-corrected chi connectivity index (χ0v) is 11.3. The molecule has 1 rings (SSSR count). The molecule has 1 aliphatic heterocycles. The zero-order chi connectivity index (χ0) is 12.7. The maximum atomic E-state index is 11.7. The van der Waals surface area contributed by atoms with E-state index < -0.39 is 0 Å². The van der Waals surface area contributed by atoms with E-state index in [1.807, 2.05) is 6.92 Å². The molecule has 2 unspecified atom stereocenters. The Morgan fingerprint density at radius 1 is 1.35 bits per heavy atom. The van der Waals surface area contributed by atoms with Crippen LogP contribution in [0.1, 0.15) is 40.0 Å². The normalized spacial score (nSPS) is 20.9. The van der Waals surface area contributed by atoms with Crippen molar-refractivity contribution in [2.45, 2.75) is 52.1 Å². The lowest BCUT2D eigenvalue weighted by Gasteiger charge is -2.30. The van der Waals surface area contributed by atoms with Gasteiger partial charge in [0.05, 0.1) is 6.04 Å². The minimum atomic E-state index is -0.112. The summed E-state index contributed by atoms with van der Waals surface area (Å²) in [4.78, 5) is 11.7. The molecule has 0 aromatic heterocycles. The number of hydrogen-bond acceptors (Lipinski definition) is 3. The Bertz CT molecular complexity index is 227. The van der Waals surface area contributed by atoms with Gasteiger partial charge < -0.3 is 15.4 Å². The largest absolute Gasteiger partial charge is 0.381 e. The van der Waals surface area contributed by atoms with Gasteiger partial charge in [-0.3, -0.25) is 4.79 Å². The molecule has 0 radical (unpaired) electrons. The van der Waals surface area contributed by atoms with Gasteiger partial charge in [-0.05, 0) is 39.0 Å². The van der Waals surface area contributed by atoms with Crippen molar-refractivity contribution >= 4 is 5.91 Å². The first-order chi connectivity index (χ1) is 8.15. The molecule has 0 aromatic carbocycles. The molecule has 1 heterocycles. The van der Waals surface area contributed by atoms with Crippen molar-refractivity contribution in [1.82, 2.24) is 10.6 Å². The van der Waals surface area contributed by atoms with Crippen LogP contribution >= 0.6 is 0 Å². The predicted molar refractivity (Wildman–Crippen MR) is 68.9 cm³/mol. The topological polar surface area (TPSA) is 50.4 Å². The molecule has 1 fully saturated rings. The summed E-state index contributed by atoms with van der Waals surface area (Å²) in [5.41, 5.74) is 0. The standard InChI is InChI=1S/C13H26N2O2/c1-4-7-14-13(16)11(3)15-10(2)12-5-8-17-9-6-12/h10-12,15H,4-9H2,1-3H3,(H,14,16). The Balaban J connectivity index is 2.28. The van der Waals surface area contributed by atoms with Crippen LogP contribution < -0.4 is 10.6 Å². The first-order valence-electron chi connectivity index (χ1n) is 6.76. The summed E-state index contributed by atoms with van der Waals surface area (Å²) in [7, 11) is 0. The second kappa shape index (κ2) is 7.67. The van der Waals surface area contributed by atoms with Gasteiger partial charge in [-0.25, -0.2) is 0 Å². The van der Waals surface area contributed by atoms with E-state index in [2.05, 4.69) is 24.5 Å². The quantitative estimate of drug-likeness (QED) is 0.738. The van der Waals surface area contributed by atoms with Crippen LogP contribution in [0.5, 0.6) is 0 Å². The van der Waals surface area contributed by atoms with Gasteiger partial charge in [0, 0.05) is 25.8 Å². The van der Waals surface area contributed by atoms with Gasteiger partial charge in [-0.15, -0.1) is 0 Å². The van der Waals surface area contributed by atoms with Gasteiger partial charge in [0.2, 0.25) is 5.91 Å². The van der Waals surface area contributed by atoms with Crippen molar-refractivity contribution < 1.29 is 9.53 Å². The molecule has 1 aliphatic rings. The molecule has 0 saturated carbocycles. The molecule has 1 amide bonds. The lowest BCUT2D eigenvalue weighted by molar-refractivity contribution is -0.123. The minimum Gasteiger partial charge on any atom is -0.381 e. The van der Waals surface area contributed by atoms with Gasteiger partial charge in [0.1, 0.15) is 0 Å². The Kier molecular flexibility index (Phi) is 6.52. The monoisotopic (exact) mass is 242 g/mol. The summed E-state index contributed by atoms with van der Waals surface area (Å²) in [5, 5.41) is 6.30. The molecule has 0 spiro atoms. The van der Waals surface area contributed by atoms with Crippen molar-refractivity contribution in [1.29, 1.82) is 0 Å². The number of ether oxygens (including phenoxy) is 1. The highest BCUT2D eigenvalue weighted by Gasteiger charge is 2.23. The van der Waals surface area contributed by atoms with Crippen LogP contribution in [0.4, 0.5) is 0 Å². The lowest BCUT2D eigenvalue weighted by Crippen LogP contribution is -2.48. The zero-order valence-electron chi connectivity index (χ0n) is 11.3. The van der Waals surface area contributed by atoms with Crippen LogP contribution in [-0.4, -0.2) is 37.7 Å². The van der Waals surface area contributed by atoms with E-state index in [9.17, 15) is 4.79 Å². The van der Waals surface area contributed by atoms with Crippen LogP contribution in [0.2, 0.25) is 0 Å². The number of carbonyl (C=O) groups is 1. The van der Waals surface area contributed by atoms with Crippen LogP contribution in [-0.2, 0) is 9.53 Å². The molecule has 17 heavy (non-hydrogen) atoms. The molecule has 100 valence electrons. The molecular formula is C13H26N2O2. The summed E-state index contributed by atoms with van der Waals surface area (Å²) < 4.78 is 5.35. The first kappa shape index (κ1) is 14.5. The smallest absolute Gasteiger partial charge is 0.236 e. The van der Waals surface area contributed by atoms with E-state index in [-0.39, 0.29) is 11.9 Å². The van der Waals surface area contributed by atoms with E-state index in [1.165, 1.54) is 0 Å². The Morgan fingerprint density at radius 3 is 2.59 bits per heavy atom. The maximum Gasteiger partial charge on any atom is 0.236 e. The third kappa shape index (κ3) is 5.04. The number of amides is 1. The van der Waals surface area contributed by atoms with Crippen molar-refractivity contribution in [3.05, 3.63) is 0 Å². The summed E-state index contributed by atoms with van der Waals surface area (Å²) in [5.74, 6) is 0.732. The highest BCUT2D eigenvalue weighted by atomic mass is 16.5. The van der Waals surface area contributed by atoms with Crippen molar-refractivity contribution in [3.63, 3.8) is 0 Å². The van der Waals surface area contributed by atoms with E-state index >= 15 is 0 Å². The number of nitrogens with one attached hydrogen (secondary N) is 2. The Morgan fingerprint density at radius 2 is 2.00 bits per heavy atom. The average molecular weight is 242 g/mol. The lowest BCUT2D eigenvalue weighted by atomic mass is 9.92.